The lowest BCUT2D eigenvalue weighted by Gasteiger charge is -2.32. The van der Waals surface area contributed by atoms with Gasteiger partial charge in [-0.15, -0.1) is 11.3 Å². The molecule has 3 heterocycles. The fraction of sp³-hybridized carbons (Fsp3) is 0.500. The number of thiophene rings is 1. The van der Waals surface area contributed by atoms with Crippen molar-refractivity contribution in [3.05, 3.63) is 62.3 Å². The number of nitro benzene ring substituents is 1. The molecule has 204 valence electrons. The fourth-order valence-corrected chi connectivity index (χ4v) is 5.13. The number of nitrogens with one attached hydrogen (secondary N) is 1. The van der Waals surface area contributed by atoms with Crippen molar-refractivity contribution in [3.8, 4) is 0 Å². The number of hydrogen-bond donors (Lipinski definition) is 1. The van der Waals surface area contributed by atoms with Crippen molar-refractivity contribution in [2.24, 2.45) is 5.10 Å². The van der Waals surface area contributed by atoms with E-state index in [1.807, 2.05) is 38.3 Å². The molecule has 2 aliphatic heterocycles. The molecule has 0 saturated carbocycles. The van der Waals surface area contributed by atoms with Crippen molar-refractivity contribution < 1.29 is 19.2 Å². The summed E-state index contributed by atoms with van der Waals surface area (Å²) in [5, 5.41) is 22.4. The van der Waals surface area contributed by atoms with E-state index < -0.39 is 16.5 Å². The van der Waals surface area contributed by atoms with Crippen LogP contribution in [0.2, 0.25) is 0 Å². The van der Waals surface area contributed by atoms with Crippen LogP contribution in [0.15, 0.2) is 46.9 Å². The molecular formula is C26H34N6O5S. The van der Waals surface area contributed by atoms with Crippen LogP contribution in [0.1, 0.15) is 43.7 Å². The number of nitrogens with zero attached hydrogens (tertiary/aromatic N) is 5. The van der Waals surface area contributed by atoms with Gasteiger partial charge in [-0.3, -0.25) is 19.8 Å². The second-order valence-electron chi connectivity index (χ2n) is 10.4. The zero-order valence-electron chi connectivity index (χ0n) is 22.0. The molecule has 0 spiro atoms. The van der Waals surface area contributed by atoms with Gasteiger partial charge in [0.25, 0.3) is 11.6 Å². The second-order valence-corrected chi connectivity index (χ2v) is 11.3. The van der Waals surface area contributed by atoms with Crippen molar-refractivity contribution >= 4 is 34.7 Å². The van der Waals surface area contributed by atoms with Crippen LogP contribution in [0.4, 0.5) is 10.5 Å². The highest BCUT2D eigenvalue weighted by Crippen LogP contribution is 2.35. The first kappa shape index (κ1) is 27.7. The molecule has 38 heavy (non-hydrogen) atoms. The summed E-state index contributed by atoms with van der Waals surface area (Å²) in [7, 11) is 0. The van der Waals surface area contributed by atoms with Crippen LogP contribution in [0.5, 0.6) is 0 Å². The summed E-state index contributed by atoms with van der Waals surface area (Å²) in [6.45, 7) is 9.33. The number of rotatable bonds is 8. The Kier molecular flexibility index (Phi) is 8.75. The number of ether oxygens (including phenoxy) is 1. The van der Waals surface area contributed by atoms with E-state index in [9.17, 15) is 19.7 Å². The molecule has 0 radical (unpaired) electrons. The topological polar surface area (TPSA) is 121 Å². The van der Waals surface area contributed by atoms with Gasteiger partial charge >= 0.3 is 6.03 Å². The predicted octanol–water partition coefficient (Wildman–Crippen LogP) is 3.48. The van der Waals surface area contributed by atoms with Gasteiger partial charge in [-0.1, -0.05) is 18.2 Å². The van der Waals surface area contributed by atoms with Gasteiger partial charge in [0.05, 0.1) is 34.8 Å². The Bertz CT molecular complexity index is 1170. The number of urea groups is 1. The number of non-ortho nitro benzene ring substituents is 1. The summed E-state index contributed by atoms with van der Waals surface area (Å²) in [6.07, 6.45) is 0.426. The molecule has 11 nitrogen and oxygen atoms in total. The number of morpholine rings is 1. The molecule has 12 heteroatoms. The van der Waals surface area contributed by atoms with Crippen LogP contribution >= 0.6 is 11.3 Å². The van der Waals surface area contributed by atoms with Crippen LogP contribution in [0, 0.1) is 10.1 Å². The monoisotopic (exact) mass is 542 g/mol. The number of hydrazone groups is 1. The van der Waals surface area contributed by atoms with Crippen molar-refractivity contribution in [1.82, 2.24) is 20.1 Å². The molecule has 1 saturated heterocycles. The molecule has 1 aromatic carbocycles. The van der Waals surface area contributed by atoms with Gasteiger partial charge in [0.2, 0.25) is 0 Å². The van der Waals surface area contributed by atoms with E-state index in [2.05, 4.69) is 15.3 Å². The SMILES string of the molecule is CC(C)(C)NC(=O)N(CCN1CCOCC1)CC(=O)N1N=C(c2cccs2)CC1c1cccc([N+](=O)[O-])c1. The second kappa shape index (κ2) is 12.0. The predicted molar refractivity (Wildman–Crippen MR) is 145 cm³/mol. The molecule has 0 aliphatic carbocycles. The summed E-state index contributed by atoms with van der Waals surface area (Å²) in [6, 6.07) is 9.32. The van der Waals surface area contributed by atoms with Crippen LogP contribution < -0.4 is 5.32 Å². The molecule has 1 unspecified atom stereocenters. The van der Waals surface area contributed by atoms with E-state index in [0.717, 1.165) is 23.7 Å². The van der Waals surface area contributed by atoms with Gasteiger partial charge in [-0.2, -0.15) is 5.10 Å². The zero-order valence-corrected chi connectivity index (χ0v) is 22.8. The molecule has 3 amide bonds. The molecule has 2 aromatic rings. The highest BCUT2D eigenvalue weighted by Gasteiger charge is 2.35. The number of hydrogen-bond acceptors (Lipinski definition) is 8. The minimum atomic E-state index is -0.508. The van der Waals surface area contributed by atoms with Crippen molar-refractivity contribution in [3.63, 3.8) is 0 Å². The van der Waals surface area contributed by atoms with Gasteiger partial charge in [0, 0.05) is 50.3 Å². The van der Waals surface area contributed by atoms with Gasteiger partial charge in [-0.05, 0) is 37.8 Å². The highest BCUT2D eigenvalue weighted by molar-refractivity contribution is 7.12. The van der Waals surface area contributed by atoms with Crippen LogP contribution in [-0.2, 0) is 9.53 Å². The van der Waals surface area contributed by atoms with Gasteiger partial charge < -0.3 is 15.0 Å². The number of amides is 3. The van der Waals surface area contributed by atoms with Crippen LogP contribution in [-0.4, -0.2) is 88.9 Å². The molecule has 1 aromatic heterocycles. The number of carbonyl (C=O) groups excluding carboxylic acids is 2. The van der Waals surface area contributed by atoms with E-state index in [4.69, 9.17) is 4.74 Å². The molecular weight excluding hydrogens is 508 g/mol. The maximum atomic E-state index is 13.7. The molecule has 0 bridgehead atoms. The quantitative estimate of drug-likeness (QED) is 0.403. The number of carbonyl (C=O) groups is 2. The lowest BCUT2D eigenvalue weighted by atomic mass is 10.0. The smallest absolute Gasteiger partial charge is 0.318 e. The minimum absolute atomic E-state index is 0.0452. The summed E-state index contributed by atoms with van der Waals surface area (Å²) < 4.78 is 5.42. The first-order valence-electron chi connectivity index (χ1n) is 12.7. The summed E-state index contributed by atoms with van der Waals surface area (Å²) >= 11 is 1.52. The average molecular weight is 543 g/mol. The molecule has 4 rings (SSSR count). The highest BCUT2D eigenvalue weighted by atomic mass is 32.1. The van der Waals surface area contributed by atoms with Crippen molar-refractivity contribution in [1.29, 1.82) is 0 Å². The molecule has 1 atom stereocenters. The van der Waals surface area contributed by atoms with Crippen LogP contribution in [0.3, 0.4) is 0 Å². The third-order valence-corrected chi connectivity index (χ3v) is 7.24. The number of nitro groups is 1. The van der Waals surface area contributed by atoms with E-state index in [1.165, 1.54) is 33.4 Å². The molecule has 2 aliphatic rings. The lowest BCUT2D eigenvalue weighted by molar-refractivity contribution is -0.385. The zero-order chi connectivity index (χ0) is 27.3. The average Bonchev–Trinajstić information content (AvgIpc) is 3.56. The third-order valence-electron chi connectivity index (χ3n) is 6.32. The Balaban J connectivity index is 1.57. The van der Waals surface area contributed by atoms with E-state index in [-0.39, 0.29) is 24.2 Å². The largest absolute Gasteiger partial charge is 0.379 e. The first-order valence-corrected chi connectivity index (χ1v) is 13.5. The minimum Gasteiger partial charge on any atom is -0.379 e. The van der Waals surface area contributed by atoms with Gasteiger partial charge in [-0.25, -0.2) is 9.80 Å². The first-order chi connectivity index (χ1) is 18.1. The Morgan fingerprint density at radius 3 is 2.66 bits per heavy atom. The van der Waals surface area contributed by atoms with E-state index >= 15 is 0 Å². The Morgan fingerprint density at radius 2 is 2.00 bits per heavy atom. The van der Waals surface area contributed by atoms with Crippen molar-refractivity contribution in [2.45, 2.75) is 38.8 Å². The fourth-order valence-electron chi connectivity index (χ4n) is 4.41. The summed E-state index contributed by atoms with van der Waals surface area (Å²) in [5.74, 6) is -0.348. The summed E-state index contributed by atoms with van der Waals surface area (Å²) in [4.78, 5) is 42.5. The van der Waals surface area contributed by atoms with Gasteiger partial charge in [0.15, 0.2) is 0 Å². The molecule has 1 fully saturated rings. The Labute approximate surface area is 226 Å². The third kappa shape index (κ3) is 7.15. The maximum absolute atomic E-state index is 13.7. The Morgan fingerprint density at radius 1 is 1.24 bits per heavy atom. The van der Waals surface area contributed by atoms with Crippen molar-refractivity contribution in [2.75, 3.05) is 45.9 Å². The summed E-state index contributed by atoms with van der Waals surface area (Å²) in [5.41, 5.74) is 0.850. The maximum Gasteiger partial charge on any atom is 0.318 e. The van der Waals surface area contributed by atoms with Crippen LogP contribution in [0.25, 0.3) is 0 Å². The van der Waals surface area contributed by atoms with E-state index in [1.54, 1.807) is 12.1 Å². The molecule has 1 N–H and O–H groups in total. The van der Waals surface area contributed by atoms with E-state index in [0.29, 0.717) is 38.3 Å². The lowest BCUT2D eigenvalue weighted by Crippen LogP contribution is -2.53. The standard InChI is InChI=1S/C26H34N6O5S/c1-26(2,3)27-25(34)30(10-9-29-11-13-37-14-12-29)18-24(33)31-22(17-21(28-31)23-8-5-15-38-23)19-6-4-7-20(16-19)32(35)36/h4-8,15-16,22H,9-14,17-18H2,1-3H3,(H,27,34). The Hall–Kier alpha value is -3.35. The van der Waals surface area contributed by atoms with Gasteiger partial charge in [0.1, 0.15) is 6.54 Å². The normalized spacial score (nSPS) is 18.2. The number of benzene rings is 1.